The van der Waals surface area contributed by atoms with Gasteiger partial charge in [-0.25, -0.2) is 4.68 Å². The van der Waals surface area contributed by atoms with Crippen LogP contribution >= 0.6 is 15.9 Å². The fourth-order valence-electron chi connectivity index (χ4n) is 1.83. The van der Waals surface area contributed by atoms with Crippen molar-refractivity contribution < 1.29 is 4.74 Å². The highest BCUT2D eigenvalue weighted by Crippen LogP contribution is 2.25. The number of aromatic nitrogens is 3. The van der Waals surface area contributed by atoms with Crippen molar-refractivity contribution in [3.8, 4) is 11.4 Å². The first-order valence-corrected chi connectivity index (χ1v) is 7.04. The maximum Gasteiger partial charge on any atom is 0.121 e. The number of halogens is 1. The van der Waals surface area contributed by atoms with E-state index in [2.05, 4.69) is 31.6 Å². The van der Waals surface area contributed by atoms with Crippen LogP contribution in [0.2, 0.25) is 0 Å². The maximum absolute atomic E-state index is 5.23. The number of rotatable bonds is 5. The van der Waals surface area contributed by atoms with E-state index in [0.29, 0.717) is 6.04 Å². The van der Waals surface area contributed by atoms with Gasteiger partial charge in [0.25, 0.3) is 0 Å². The topological polar surface area (TPSA) is 52.0 Å². The van der Waals surface area contributed by atoms with Gasteiger partial charge in [0.15, 0.2) is 0 Å². The highest BCUT2D eigenvalue weighted by molar-refractivity contribution is 9.10. The summed E-state index contributed by atoms with van der Waals surface area (Å²) >= 11 is 3.52. The SMILES string of the molecule is COc1ccc(Br)c(-n2cc(CNC3CC3)nn2)c1. The first-order chi connectivity index (χ1) is 9.26. The van der Waals surface area contributed by atoms with Crippen LogP contribution in [0.15, 0.2) is 28.9 Å². The first kappa shape index (κ1) is 12.6. The standard InChI is InChI=1S/C13H15BrN4O/c1-19-11-4-5-12(14)13(6-11)18-8-10(16-17-18)7-15-9-2-3-9/h4-6,8-9,15H,2-3,7H2,1H3. The van der Waals surface area contributed by atoms with Crippen LogP contribution in [0.1, 0.15) is 18.5 Å². The third kappa shape index (κ3) is 2.96. The molecule has 1 heterocycles. The van der Waals surface area contributed by atoms with E-state index in [0.717, 1.165) is 28.1 Å². The van der Waals surface area contributed by atoms with Crippen LogP contribution < -0.4 is 10.1 Å². The van der Waals surface area contributed by atoms with Crippen LogP contribution in [-0.4, -0.2) is 28.1 Å². The summed E-state index contributed by atoms with van der Waals surface area (Å²) in [6.07, 6.45) is 4.49. The zero-order valence-electron chi connectivity index (χ0n) is 10.6. The zero-order chi connectivity index (χ0) is 13.2. The lowest BCUT2D eigenvalue weighted by molar-refractivity contribution is 0.414. The summed E-state index contributed by atoms with van der Waals surface area (Å²) in [6, 6.07) is 6.45. The average Bonchev–Trinajstić information content (AvgIpc) is 3.15. The van der Waals surface area contributed by atoms with Crippen molar-refractivity contribution in [2.24, 2.45) is 0 Å². The van der Waals surface area contributed by atoms with Gasteiger partial charge in [-0.3, -0.25) is 0 Å². The minimum absolute atomic E-state index is 0.675. The summed E-state index contributed by atoms with van der Waals surface area (Å²) in [5, 5.41) is 11.8. The molecule has 1 aromatic heterocycles. The van der Waals surface area contributed by atoms with Gasteiger partial charge in [0.1, 0.15) is 5.75 Å². The predicted octanol–water partition coefficient (Wildman–Crippen LogP) is 2.29. The number of hydrogen-bond donors (Lipinski definition) is 1. The van der Waals surface area contributed by atoms with Gasteiger partial charge >= 0.3 is 0 Å². The number of nitrogens with zero attached hydrogens (tertiary/aromatic N) is 3. The van der Waals surface area contributed by atoms with Crippen LogP contribution in [0.25, 0.3) is 5.69 Å². The highest BCUT2D eigenvalue weighted by atomic mass is 79.9. The molecule has 0 spiro atoms. The Kier molecular flexibility index (Phi) is 3.52. The smallest absolute Gasteiger partial charge is 0.121 e. The van der Waals surface area contributed by atoms with Gasteiger partial charge in [-0.15, -0.1) is 5.10 Å². The monoisotopic (exact) mass is 322 g/mol. The Bertz CT molecular complexity index is 580. The van der Waals surface area contributed by atoms with E-state index in [1.807, 2.05) is 24.4 Å². The molecule has 0 unspecified atom stereocenters. The van der Waals surface area contributed by atoms with Gasteiger partial charge in [0.2, 0.25) is 0 Å². The minimum Gasteiger partial charge on any atom is -0.497 e. The number of benzene rings is 1. The first-order valence-electron chi connectivity index (χ1n) is 6.25. The Balaban J connectivity index is 1.80. The fraction of sp³-hybridized carbons (Fsp3) is 0.385. The van der Waals surface area contributed by atoms with Crippen molar-refractivity contribution in [2.75, 3.05) is 7.11 Å². The Hall–Kier alpha value is -1.40. The van der Waals surface area contributed by atoms with Gasteiger partial charge in [-0.2, -0.15) is 0 Å². The normalized spacial score (nSPS) is 14.6. The quantitative estimate of drug-likeness (QED) is 0.917. The second-order valence-electron chi connectivity index (χ2n) is 4.63. The average molecular weight is 323 g/mol. The molecule has 0 bridgehead atoms. The van der Waals surface area contributed by atoms with Gasteiger partial charge in [-0.1, -0.05) is 5.21 Å². The molecule has 1 N–H and O–H groups in total. The van der Waals surface area contributed by atoms with E-state index in [-0.39, 0.29) is 0 Å². The molecule has 3 rings (SSSR count). The molecule has 0 amide bonds. The number of hydrogen-bond acceptors (Lipinski definition) is 4. The van der Waals surface area contributed by atoms with E-state index < -0.39 is 0 Å². The van der Waals surface area contributed by atoms with Crippen LogP contribution in [0.4, 0.5) is 0 Å². The van der Waals surface area contributed by atoms with Crippen LogP contribution in [-0.2, 0) is 6.54 Å². The molecular formula is C13H15BrN4O. The van der Waals surface area contributed by atoms with Crippen molar-refractivity contribution in [1.29, 1.82) is 0 Å². The van der Waals surface area contributed by atoms with E-state index in [1.54, 1.807) is 11.8 Å². The van der Waals surface area contributed by atoms with Gasteiger partial charge in [-0.05, 0) is 40.9 Å². The third-order valence-corrected chi connectivity index (χ3v) is 3.76. The zero-order valence-corrected chi connectivity index (χ0v) is 12.2. The number of methoxy groups -OCH3 is 1. The second-order valence-corrected chi connectivity index (χ2v) is 5.48. The highest BCUT2D eigenvalue weighted by Gasteiger charge is 2.20. The second kappa shape index (κ2) is 5.30. The lowest BCUT2D eigenvalue weighted by Gasteiger charge is -2.06. The summed E-state index contributed by atoms with van der Waals surface area (Å²) in [5.74, 6) is 0.798. The summed E-state index contributed by atoms with van der Waals surface area (Å²) in [7, 11) is 1.65. The lowest BCUT2D eigenvalue weighted by Crippen LogP contribution is -2.15. The van der Waals surface area contributed by atoms with E-state index in [1.165, 1.54) is 12.8 Å². The van der Waals surface area contributed by atoms with E-state index in [4.69, 9.17) is 4.74 Å². The Morgan fingerprint density at radius 2 is 2.32 bits per heavy atom. The van der Waals surface area contributed by atoms with Crippen molar-refractivity contribution in [3.05, 3.63) is 34.6 Å². The van der Waals surface area contributed by atoms with Gasteiger partial charge < -0.3 is 10.1 Å². The molecule has 0 saturated heterocycles. The van der Waals surface area contributed by atoms with Crippen molar-refractivity contribution in [1.82, 2.24) is 20.3 Å². The maximum atomic E-state index is 5.23. The summed E-state index contributed by atoms with van der Waals surface area (Å²) in [5.41, 5.74) is 1.87. The molecule has 1 fully saturated rings. The summed E-state index contributed by atoms with van der Waals surface area (Å²) in [4.78, 5) is 0. The Morgan fingerprint density at radius 1 is 1.47 bits per heavy atom. The van der Waals surface area contributed by atoms with Crippen molar-refractivity contribution in [3.63, 3.8) is 0 Å². The molecule has 6 heteroatoms. The van der Waals surface area contributed by atoms with Crippen molar-refractivity contribution in [2.45, 2.75) is 25.4 Å². The molecule has 100 valence electrons. The Morgan fingerprint density at radius 3 is 3.05 bits per heavy atom. The van der Waals surface area contributed by atoms with E-state index >= 15 is 0 Å². The molecule has 0 atom stereocenters. The predicted molar refractivity (Wildman–Crippen MR) is 75.5 cm³/mol. The van der Waals surface area contributed by atoms with Gasteiger partial charge in [0, 0.05) is 23.1 Å². The fourth-order valence-corrected chi connectivity index (χ4v) is 2.26. The largest absolute Gasteiger partial charge is 0.497 e. The lowest BCUT2D eigenvalue weighted by atomic mass is 10.3. The van der Waals surface area contributed by atoms with Crippen molar-refractivity contribution >= 4 is 15.9 Å². The Labute approximate surface area is 120 Å². The summed E-state index contributed by atoms with van der Waals surface area (Å²) < 4.78 is 7.95. The number of ether oxygens (including phenoxy) is 1. The third-order valence-electron chi connectivity index (χ3n) is 3.09. The molecule has 0 aliphatic heterocycles. The molecular weight excluding hydrogens is 308 g/mol. The summed E-state index contributed by atoms with van der Waals surface area (Å²) in [6.45, 7) is 0.770. The molecule has 2 aromatic rings. The molecule has 1 aromatic carbocycles. The number of nitrogens with one attached hydrogen (secondary N) is 1. The van der Waals surface area contributed by atoms with Crippen LogP contribution in [0, 0.1) is 0 Å². The molecule has 19 heavy (non-hydrogen) atoms. The minimum atomic E-state index is 0.675. The molecule has 5 nitrogen and oxygen atoms in total. The van der Waals surface area contributed by atoms with Gasteiger partial charge in [0.05, 0.1) is 24.7 Å². The molecule has 1 aliphatic carbocycles. The van der Waals surface area contributed by atoms with Crippen LogP contribution in [0.3, 0.4) is 0 Å². The molecule has 1 saturated carbocycles. The van der Waals surface area contributed by atoms with E-state index in [9.17, 15) is 0 Å². The molecule has 1 aliphatic rings. The van der Waals surface area contributed by atoms with Crippen LogP contribution in [0.5, 0.6) is 5.75 Å². The molecule has 0 radical (unpaired) electrons.